The fourth-order valence-electron chi connectivity index (χ4n) is 0.597. The van der Waals surface area contributed by atoms with Gasteiger partial charge in [-0.2, -0.15) is 23.7 Å². The lowest BCUT2D eigenvalue weighted by molar-refractivity contribution is -0.149. The van der Waals surface area contributed by atoms with Crippen molar-refractivity contribution in [2.75, 3.05) is 6.61 Å². The molecule has 0 fully saturated rings. The summed E-state index contributed by atoms with van der Waals surface area (Å²) in [7, 11) is 0. The van der Waals surface area contributed by atoms with Crippen LogP contribution in [-0.2, 0) is 0 Å². The summed E-state index contributed by atoms with van der Waals surface area (Å²) in [6.07, 6.45) is -3.85. The molecule has 0 aliphatic heterocycles. The Kier molecular flexibility index (Phi) is 4.09. The second-order valence-corrected chi connectivity index (χ2v) is 3.18. The molecule has 0 spiro atoms. The standard InChI is InChI=1S/C6H3Cl2F4N3O/c7-3-13-4(8)15-5(14-3)16-1-6(11,12)2(9)10/h2H,1H2. The molecule has 1 aromatic rings. The van der Waals surface area contributed by atoms with E-state index in [1.54, 1.807) is 0 Å². The van der Waals surface area contributed by atoms with Crippen molar-refractivity contribution < 1.29 is 22.3 Å². The van der Waals surface area contributed by atoms with E-state index in [4.69, 9.17) is 23.2 Å². The third kappa shape index (κ3) is 3.60. The first-order valence-corrected chi connectivity index (χ1v) is 4.42. The lowest BCUT2D eigenvalue weighted by atomic mass is 10.4. The normalized spacial score (nSPS) is 11.9. The lowest BCUT2D eigenvalue weighted by Gasteiger charge is -2.14. The summed E-state index contributed by atoms with van der Waals surface area (Å²) in [5.41, 5.74) is 0. The molecule has 0 aliphatic carbocycles. The van der Waals surface area contributed by atoms with Gasteiger partial charge in [-0.1, -0.05) is 0 Å². The minimum absolute atomic E-state index is 0.393. The first-order chi connectivity index (χ1) is 7.31. The van der Waals surface area contributed by atoms with Crippen molar-refractivity contribution in [3.05, 3.63) is 10.6 Å². The third-order valence-corrected chi connectivity index (χ3v) is 1.61. The molecule has 16 heavy (non-hydrogen) atoms. The predicted molar refractivity (Wildman–Crippen MR) is 46.3 cm³/mol. The third-order valence-electron chi connectivity index (χ3n) is 1.27. The van der Waals surface area contributed by atoms with Gasteiger partial charge in [0.05, 0.1) is 0 Å². The van der Waals surface area contributed by atoms with Gasteiger partial charge in [-0.25, -0.2) is 8.78 Å². The lowest BCUT2D eigenvalue weighted by Crippen LogP contribution is -2.34. The quantitative estimate of drug-likeness (QED) is 0.795. The van der Waals surface area contributed by atoms with Gasteiger partial charge < -0.3 is 4.74 Å². The van der Waals surface area contributed by atoms with E-state index in [1.165, 1.54) is 0 Å². The van der Waals surface area contributed by atoms with E-state index in [0.29, 0.717) is 0 Å². The van der Waals surface area contributed by atoms with Crippen LogP contribution < -0.4 is 4.74 Å². The Balaban J connectivity index is 2.68. The van der Waals surface area contributed by atoms with Crippen LogP contribution in [0.2, 0.25) is 10.6 Å². The smallest absolute Gasteiger partial charge is 0.340 e. The van der Waals surface area contributed by atoms with E-state index < -0.39 is 35.5 Å². The van der Waals surface area contributed by atoms with Crippen LogP contribution in [0, 0.1) is 0 Å². The maximum atomic E-state index is 12.4. The van der Waals surface area contributed by atoms with Crippen molar-refractivity contribution in [1.29, 1.82) is 0 Å². The summed E-state index contributed by atoms with van der Waals surface area (Å²) in [6.45, 7) is -1.58. The molecule has 10 heteroatoms. The molecule has 0 N–H and O–H groups in total. The Bertz CT molecular complexity index is 359. The molecule has 0 aliphatic rings. The van der Waals surface area contributed by atoms with Crippen LogP contribution >= 0.6 is 23.2 Å². The predicted octanol–water partition coefficient (Wildman–Crippen LogP) is 2.46. The largest absolute Gasteiger partial charge is 0.457 e. The van der Waals surface area contributed by atoms with Crippen LogP contribution in [0.15, 0.2) is 0 Å². The summed E-state index contributed by atoms with van der Waals surface area (Å²) < 4.78 is 52.6. The van der Waals surface area contributed by atoms with Gasteiger partial charge in [-0.15, -0.1) is 0 Å². The molecule has 0 aromatic carbocycles. The van der Waals surface area contributed by atoms with E-state index in [0.717, 1.165) is 0 Å². The van der Waals surface area contributed by atoms with Gasteiger partial charge in [0.15, 0.2) is 6.61 Å². The molecule has 1 heterocycles. The number of nitrogens with zero attached hydrogens (tertiary/aromatic N) is 3. The van der Waals surface area contributed by atoms with Crippen LogP contribution in [0.25, 0.3) is 0 Å². The van der Waals surface area contributed by atoms with Crippen molar-refractivity contribution >= 4 is 23.2 Å². The van der Waals surface area contributed by atoms with Crippen molar-refractivity contribution in [2.45, 2.75) is 12.3 Å². The van der Waals surface area contributed by atoms with E-state index >= 15 is 0 Å². The zero-order chi connectivity index (χ0) is 12.3. The zero-order valence-corrected chi connectivity index (χ0v) is 8.81. The second-order valence-electron chi connectivity index (χ2n) is 2.51. The molecular weight excluding hydrogens is 277 g/mol. The summed E-state index contributed by atoms with van der Waals surface area (Å²) >= 11 is 10.6. The monoisotopic (exact) mass is 279 g/mol. The Hall–Kier alpha value is -0.890. The molecule has 0 saturated carbocycles. The Morgan fingerprint density at radius 3 is 2.06 bits per heavy atom. The summed E-state index contributed by atoms with van der Waals surface area (Å²) in [6, 6.07) is -0.648. The molecule has 0 bridgehead atoms. The maximum Gasteiger partial charge on any atom is 0.340 e. The van der Waals surface area contributed by atoms with Gasteiger partial charge >= 0.3 is 18.4 Å². The molecule has 0 amide bonds. The fourth-order valence-corrected chi connectivity index (χ4v) is 0.945. The highest BCUT2D eigenvalue weighted by atomic mass is 35.5. The van der Waals surface area contributed by atoms with Gasteiger partial charge in [-0.05, 0) is 23.2 Å². The van der Waals surface area contributed by atoms with Crippen molar-refractivity contribution in [3.8, 4) is 6.01 Å². The highest BCUT2D eigenvalue weighted by Crippen LogP contribution is 2.23. The minimum Gasteiger partial charge on any atom is -0.457 e. The molecule has 1 aromatic heterocycles. The van der Waals surface area contributed by atoms with E-state index in [-0.39, 0.29) is 0 Å². The Morgan fingerprint density at radius 1 is 1.12 bits per heavy atom. The van der Waals surface area contributed by atoms with Crippen LogP contribution in [0.1, 0.15) is 0 Å². The minimum atomic E-state index is -4.30. The van der Waals surface area contributed by atoms with Gasteiger partial charge in [0, 0.05) is 0 Å². The van der Waals surface area contributed by atoms with Gasteiger partial charge in [0.2, 0.25) is 10.6 Å². The molecule has 0 radical (unpaired) electrons. The average Bonchev–Trinajstić information content (AvgIpc) is 2.13. The van der Waals surface area contributed by atoms with Crippen molar-refractivity contribution in [1.82, 2.24) is 15.0 Å². The van der Waals surface area contributed by atoms with E-state index in [1.807, 2.05) is 0 Å². The summed E-state index contributed by atoms with van der Waals surface area (Å²) in [5.74, 6) is -4.30. The molecule has 0 saturated heterocycles. The topological polar surface area (TPSA) is 47.9 Å². The number of hydrogen-bond donors (Lipinski definition) is 0. The maximum absolute atomic E-state index is 12.4. The van der Waals surface area contributed by atoms with Crippen molar-refractivity contribution in [3.63, 3.8) is 0 Å². The molecule has 1 rings (SSSR count). The molecular formula is C6H3Cl2F4N3O. The van der Waals surface area contributed by atoms with Gasteiger partial charge in [0.25, 0.3) is 0 Å². The Labute approximate surface area is 96.6 Å². The number of aromatic nitrogens is 3. The van der Waals surface area contributed by atoms with Crippen LogP contribution in [0.4, 0.5) is 17.6 Å². The zero-order valence-electron chi connectivity index (χ0n) is 7.30. The number of rotatable bonds is 4. The molecule has 0 atom stereocenters. The van der Waals surface area contributed by atoms with Gasteiger partial charge in [0.1, 0.15) is 0 Å². The summed E-state index contributed by atoms with van der Waals surface area (Å²) in [4.78, 5) is 9.82. The van der Waals surface area contributed by atoms with E-state index in [9.17, 15) is 17.6 Å². The van der Waals surface area contributed by atoms with Gasteiger partial charge in [-0.3, -0.25) is 0 Å². The summed E-state index contributed by atoms with van der Waals surface area (Å²) in [5, 5.41) is -0.786. The second kappa shape index (κ2) is 4.96. The molecule has 0 unspecified atom stereocenters. The van der Waals surface area contributed by atoms with Crippen LogP contribution in [0.3, 0.4) is 0 Å². The number of alkyl halides is 4. The van der Waals surface area contributed by atoms with E-state index in [2.05, 4.69) is 19.7 Å². The van der Waals surface area contributed by atoms with Crippen LogP contribution in [0.5, 0.6) is 6.01 Å². The van der Waals surface area contributed by atoms with Crippen LogP contribution in [-0.4, -0.2) is 33.9 Å². The molecule has 90 valence electrons. The SMILES string of the molecule is FC(F)C(F)(F)COc1nc(Cl)nc(Cl)n1. The Morgan fingerprint density at radius 2 is 1.62 bits per heavy atom. The number of ether oxygens (including phenoxy) is 1. The molecule has 4 nitrogen and oxygen atoms in total. The highest BCUT2D eigenvalue weighted by molar-refractivity contribution is 6.31. The fraction of sp³-hybridized carbons (Fsp3) is 0.500. The van der Waals surface area contributed by atoms with Crippen molar-refractivity contribution in [2.24, 2.45) is 0 Å². The first-order valence-electron chi connectivity index (χ1n) is 3.67. The highest BCUT2D eigenvalue weighted by Gasteiger charge is 2.42. The average molecular weight is 280 g/mol. The first kappa shape index (κ1) is 13.2. The number of hydrogen-bond acceptors (Lipinski definition) is 4. The number of halogens is 6.